The Bertz CT molecular complexity index is 1230. The molecule has 0 saturated carbocycles. The largest absolute Gasteiger partial charge is 0.416 e. The number of nitrogens with two attached hydrogens (primary N) is 1. The number of hydrogen-bond acceptors (Lipinski definition) is 4. The maximum Gasteiger partial charge on any atom is 0.416 e. The molecule has 2 aliphatic rings. The minimum absolute atomic E-state index is 0.129. The highest BCUT2D eigenvalue weighted by Crippen LogP contribution is 2.36. The van der Waals surface area contributed by atoms with E-state index < -0.39 is 11.7 Å². The first kappa shape index (κ1) is 26.5. The molecule has 0 radical (unpaired) electrons. The molecule has 4 rings (SSSR count). The summed E-state index contributed by atoms with van der Waals surface area (Å²) in [6.45, 7) is 7.40. The average molecular weight is 510 g/mol. The topological polar surface area (TPSA) is 76.6 Å². The van der Waals surface area contributed by atoms with Crippen LogP contribution in [-0.2, 0) is 19.3 Å². The number of hydrogen-bond donors (Lipinski definition) is 1. The van der Waals surface area contributed by atoms with E-state index in [1.54, 1.807) is 15.9 Å². The van der Waals surface area contributed by atoms with Crippen LogP contribution >= 0.6 is 0 Å². The Morgan fingerprint density at radius 2 is 1.78 bits per heavy atom. The molecule has 2 amide bonds. The summed E-state index contributed by atoms with van der Waals surface area (Å²) in [4.78, 5) is 19.2. The summed E-state index contributed by atoms with van der Waals surface area (Å²) in [5, 5.41) is 9.22. The lowest BCUT2D eigenvalue weighted by Crippen LogP contribution is -2.50. The summed E-state index contributed by atoms with van der Waals surface area (Å²) in [6, 6.07) is 14.3. The number of amides is 2. The lowest BCUT2D eigenvalue weighted by molar-refractivity contribution is -0.137. The van der Waals surface area contributed by atoms with Crippen LogP contribution < -0.4 is 5.73 Å². The predicted molar refractivity (Wildman–Crippen MR) is 135 cm³/mol. The van der Waals surface area contributed by atoms with E-state index in [1.807, 2.05) is 18.2 Å². The number of carbonyl (C=O) groups is 1. The van der Waals surface area contributed by atoms with Crippen molar-refractivity contribution in [2.24, 2.45) is 5.73 Å². The van der Waals surface area contributed by atoms with Gasteiger partial charge >= 0.3 is 12.2 Å². The molecule has 0 aromatic heterocycles. The lowest BCUT2D eigenvalue weighted by Gasteiger charge is -2.44. The second-order valence-corrected chi connectivity index (χ2v) is 9.36. The van der Waals surface area contributed by atoms with Crippen LogP contribution in [-0.4, -0.2) is 46.9 Å². The molecule has 2 heterocycles. The number of rotatable bonds is 8. The van der Waals surface area contributed by atoms with Gasteiger partial charge in [-0.05, 0) is 54.8 Å². The van der Waals surface area contributed by atoms with Crippen LogP contribution in [0.1, 0.15) is 41.5 Å². The molecule has 194 valence electrons. The van der Waals surface area contributed by atoms with Gasteiger partial charge in [-0.25, -0.2) is 4.79 Å². The van der Waals surface area contributed by atoms with E-state index >= 15 is 0 Å². The molecule has 0 aliphatic carbocycles. The zero-order valence-corrected chi connectivity index (χ0v) is 20.6. The van der Waals surface area contributed by atoms with Gasteiger partial charge in [-0.15, -0.1) is 0 Å². The smallest absolute Gasteiger partial charge is 0.330 e. The normalized spacial score (nSPS) is 16.7. The Kier molecular flexibility index (Phi) is 8.00. The highest BCUT2D eigenvalue weighted by atomic mass is 19.4. The Labute approximate surface area is 215 Å². The van der Waals surface area contributed by atoms with Crippen LogP contribution in [0.15, 0.2) is 72.1 Å². The van der Waals surface area contributed by atoms with Crippen LogP contribution in [0.3, 0.4) is 0 Å². The van der Waals surface area contributed by atoms with Crippen LogP contribution in [0.2, 0.25) is 0 Å². The molecule has 2 aromatic rings. The molecule has 2 aliphatic heterocycles. The van der Waals surface area contributed by atoms with E-state index in [-0.39, 0.29) is 12.6 Å². The van der Waals surface area contributed by atoms with Crippen LogP contribution in [0.4, 0.5) is 18.0 Å². The van der Waals surface area contributed by atoms with Gasteiger partial charge in [0.1, 0.15) is 0 Å². The van der Waals surface area contributed by atoms with Gasteiger partial charge < -0.3 is 5.73 Å². The third kappa shape index (κ3) is 6.04. The SMILES string of the molecule is C=C1C2=C(CCN(Cc3cccc(C#N)c3)C2)N(CCCCN)C(=O)N1Cc1ccc(C(F)(F)F)cc1. The summed E-state index contributed by atoms with van der Waals surface area (Å²) < 4.78 is 39.0. The maximum absolute atomic E-state index is 13.6. The van der Waals surface area contributed by atoms with E-state index in [4.69, 9.17) is 5.73 Å². The van der Waals surface area contributed by atoms with Crippen LogP contribution in [0, 0.1) is 11.3 Å². The first-order valence-corrected chi connectivity index (χ1v) is 12.3. The number of unbranched alkanes of at least 4 members (excludes halogenated alkanes) is 1. The number of nitriles is 1. The average Bonchev–Trinajstić information content (AvgIpc) is 2.88. The number of urea groups is 1. The monoisotopic (exact) mass is 509 g/mol. The number of benzene rings is 2. The minimum atomic E-state index is -4.42. The molecular weight excluding hydrogens is 479 g/mol. The molecule has 9 heteroatoms. The molecule has 0 fully saturated rings. The fraction of sp³-hybridized carbons (Fsp3) is 0.357. The van der Waals surface area contributed by atoms with Gasteiger partial charge in [0.15, 0.2) is 0 Å². The van der Waals surface area contributed by atoms with E-state index in [2.05, 4.69) is 17.5 Å². The van der Waals surface area contributed by atoms with Gasteiger partial charge in [0.25, 0.3) is 0 Å². The van der Waals surface area contributed by atoms with Crippen molar-refractivity contribution in [2.45, 2.75) is 38.5 Å². The molecule has 2 N–H and O–H groups in total. The van der Waals surface area contributed by atoms with Crippen molar-refractivity contribution in [1.29, 1.82) is 5.26 Å². The molecule has 0 bridgehead atoms. The van der Waals surface area contributed by atoms with E-state index in [0.29, 0.717) is 49.4 Å². The van der Waals surface area contributed by atoms with Crippen molar-refractivity contribution in [3.8, 4) is 6.07 Å². The number of nitrogens with zero attached hydrogens (tertiary/aromatic N) is 4. The highest BCUT2D eigenvalue weighted by Gasteiger charge is 2.37. The molecule has 0 unspecified atom stereocenters. The van der Waals surface area contributed by atoms with Crippen molar-refractivity contribution in [3.05, 3.63) is 94.3 Å². The zero-order valence-electron chi connectivity index (χ0n) is 20.6. The molecule has 0 spiro atoms. The van der Waals surface area contributed by atoms with Gasteiger partial charge in [-0.3, -0.25) is 14.7 Å². The number of alkyl halides is 3. The molecule has 2 aromatic carbocycles. The molecule has 0 atom stereocenters. The van der Waals surface area contributed by atoms with Gasteiger partial charge in [0, 0.05) is 49.6 Å². The number of carbonyl (C=O) groups excluding carboxylic acids is 1. The van der Waals surface area contributed by atoms with Gasteiger partial charge in [-0.2, -0.15) is 18.4 Å². The van der Waals surface area contributed by atoms with Crippen LogP contribution in [0.25, 0.3) is 0 Å². The van der Waals surface area contributed by atoms with Crippen LogP contribution in [0.5, 0.6) is 0 Å². The van der Waals surface area contributed by atoms with Gasteiger partial charge in [0.05, 0.1) is 23.7 Å². The standard InChI is InChI=1S/C28H30F3N5O/c1-20-25-19-34(17-23-6-4-5-22(15-23)16-33)14-11-26(25)35(13-3-2-12-32)27(37)36(20)18-21-7-9-24(10-8-21)28(29,30)31/h4-10,15H,1-3,11-14,17-19,32H2. The van der Waals surface area contributed by atoms with Crippen molar-refractivity contribution in [3.63, 3.8) is 0 Å². The second kappa shape index (κ2) is 11.2. The third-order valence-corrected chi connectivity index (χ3v) is 6.78. The Morgan fingerprint density at radius 3 is 2.46 bits per heavy atom. The lowest BCUT2D eigenvalue weighted by atomic mass is 9.97. The predicted octanol–water partition coefficient (Wildman–Crippen LogP) is 5.23. The van der Waals surface area contributed by atoms with Gasteiger partial charge in [-0.1, -0.05) is 30.8 Å². The van der Waals surface area contributed by atoms with E-state index in [9.17, 15) is 23.2 Å². The van der Waals surface area contributed by atoms with Crippen molar-refractivity contribution < 1.29 is 18.0 Å². The van der Waals surface area contributed by atoms with Crippen molar-refractivity contribution in [2.75, 3.05) is 26.2 Å². The highest BCUT2D eigenvalue weighted by molar-refractivity contribution is 5.82. The van der Waals surface area contributed by atoms with Crippen molar-refractivity contribution >= 4 is 6.03 Å². The first-order valence-electron chi connectivity index (χ1n) is 12.3. The van der Waals surface area contributed by atoms with Crippen molar-refractivity contribution in [1.82, 2.24) is 14.7 Å². The summed E-state index contributed by atoms with van der Waals surface area (Å²) in [5.41, 5.74) is 9.66. The second-order valence-electron chi connectivity index (χ2n) is 9.36. The first-order chi connectivity index (χ1) is 17.7. The summed E-state index contributed by atoms with van der Waals surface area (Å²) in [7, 11) is 0. The molecule has 37 heavy (non-hydrogen) atoms. The summed E-state index contributed by atoms with van der Waals surface area (Å²) >= 11 is 0. The minimum Gasteiger partial charge on any atom is -0.330 e. The molecule has 6 nitrogen and oxygen atoms in total. The zero-order chi connectivity index (χ0) is 26.6. The Hall–Kier alpha value is -3.61. The maximum atomic E-state index is 13.6. The number of halogens is 3. The summed E-state index contributed by atoms with van der Waals surface area (Å²) in [6.07, 6.45) is -2.20. The Morgan fingerprint density at radius 1 is 1.03 bits per heavy atom. The van der Waals surface area contributed by atoms with Gasteiger partial charge in [0.2, 0.25) is 0 Å². The third-order valence-electron chi connectivity index (χ3n) is 6.78. The fourth-order valence-corrected chi connectivity index (χ4v) is 4.83. The van der Waals surface area contributed by atoms with E-state index in [0.717, 1.165) is 48.4 Å². The summed E-state index contributed by atoms with van der Waals surface area (Å²) in [5.74, 6) is 0. The fourth-order valence-electron chi connectivity index (χ4n) is 4.83. The van der Waals surface area contributed by atoms with E-state index in [1.165, 1.54) is 12.1 Å². The Balaban J connectivity index is 1.57. The quantitative estimate of drug-likeness (QED) is 0.495. The molecular formula is C28H30F3N5O. The molecule has 0 saturated heterocycles.